The maximum atomic E-state index is 12.9. The third kappa shape index (κ3) is 4.12. The van der Waals surface area contributed by atoms with Crippen LogP contribution in [0.2, 0.25) is 0 Å². The monoisotopic (exact) mass is 461 g/mol. The van der Waals surface area contributed by atoms with E-state index < -0.39 is 17.9 Å². The second kappa shape index (κ2) is 8.55. The first-order chi connectivity index (χ1) is 16.0. The van der Waals surface area contributed by atoms with E-state index in [1.807, 2.05) is 41.8 Å². The van der Waals surface area contributed by atoms with Crippen molar-refractivity contribution in [2.24, 2.45) is 0 Å². The number of thiophene rings is 1. The Bertz CT molecular complexity index is 1280. The zero-order valence-electron chi connectivity index (χ0n) is 17.4. The Labute approximate surface area is 193 Å². The maximum Gasteiger partial charge on any atom is 0.326 e. The molecule has 1 amide bonds. The Balaban J connectivity index is 1.28. The SMILES string of the molecule is O=C1C(=Cc2cccs2)Oc2cc(OCC(=O)N3Cc4ccccc4CC3C(=O)O)ccc21. The molecule has 3 heterocycles. The summed E-state index contributed by atoms with van der Waals surface area (Å²) in [6.07, 6.45) is 1.95. The highest BCUT2D eigenvalue weighted by molar-refractivity contribution is 7.10. The molecular formula is C25H19NO6S. The summed E-state index contributed by atoms with van der Waals surface area (Å²) in [6.45, 7) is -0.107. The number of carbonyl (C=O) groups excluding carboxylic acids is 2. The van der Waals surface area contributed by atoms with Gasteiger partial charge in [-0.3, -0.25) is 9.59 Å². The molecule has 0 saturated carbocycles. The first kappa shape index (κ1) is 21.0. The normalized spacial score (nSPS) is 17.9. The molecule has 3 aromatic rings. The van der Waals surface area contributed by atoms with Gasteiger partial charge in [0.25, 0.3) is 5.91 Å². The summed E-state index contributed by atoms with van der Waals surface area (Å²) >= 11 is 1.50. The number of benzene rings is 2. The van der Waals surface area contributed by atoms with E-state index in [0.717, 1.165) is 16.0 Å². The van der Waals surface area contributed by atoms with Gasteiger partial charge >= 0.3 is 5.97 Å². The number of carboxylic acids is 1. The summed E-state index contributed by atoms with van der Waals surface area (Å²) in [4.78, 5) is 39.4. The molecule has 8 heteroatoms. The van der Waals surface area contributed by atoms with Crippen LogP contribution in [0.4, 0.5) is 0 Å². The van der Waals surface area contributed by atoms with Crippen molar-refractivity contribution in [3.8, 4) is 11.5 Å². The third-order valence-corrected chi connectivity index (χ3v) is 6.49. The van der Waals surface area contributed by atoms with Gasteiger partial charge in [0.05, 0.1) is 5.56 Å². The lowest BCUT2D eigenvalue weighted by Gasteiger charge is -2.34. The molecule has 0 radical (unpaired) electrons. The van der Waals surface area contributed by atoms with E-state index in [1.165, 1.54) is 16.2 Å². The molecule has 7 nitrogen and oxygen atoms in total. The van der Waals surface area contributed by atoms with Crippen LogP contribution in [0.1, 0.15) is 26.4 Å². The molecule has 0 spiro atoms. The zero-order valence-corrected chi connectivity index (χ0v) is 18.2. The summed E-state index contributed by atoms with van der Waals surface area (Å²) in [5.41, 5.74) is 2.29. The molecule has 2 aliphatic heterocycles. The molecule has 1 N–H and O–H groups in total. The Hall–Kier alpha value is -3.91. The standard InChI is InChI=1S/C25H19NO6S/c27-23(26-13-16-5-2-1-4-15(16)10-20(26)25(29)30)14-31-17-7-8-19-21(11-17)32-22(24(19)28)12-18-6-3-9-33-18/h1-9,11-12,20H,10,13-14H2,(H,29,30). The minimum Gasteiger partial charge on any atom is -0.484 e. The summed E-state index contributed by atoms with van der Waals surface area (Å²) in [5.74, 6) is -0.728. The van der Waals surface area contributed by atoms with Gasteiger partial charge in [0.2, 0.25) is 5.78 Å². The van der Waals surface area contributed by atoms with Gasteiger partial charge in [-0.15, -0.1) is 11.3 Å². The van der Waals surface area contributed by atoms with Crippen LogP contribution in [0, 0.1) is 0 Å². The van der Waals surface area contributed by atoms with Crippen LogP contribution in [0.25, 0.3) is 6.08 Å². The number of ether oxygens (including phenoxy) is 2. The van der Waals surface area contributed by atoms with E-state index in [4.69, 9.17) is 9.47 Å². The molecule has 1 aromatic heterocycles. The molecule has 0 aliphatic carbocycles. The molecule has 0 fully saturated rings. The molecule has 0 bridgehead atoms. The quantitative estimate of drug-likeness (QED) is 0.582. The number of aliphatic carboxylic acids is 1. The lowest BCUT2D eigenvalue weighted by Crippen LogP contribution is -2.50. The van der Waals surface area contributed by atoms with Crippen LogP contribution in [0.15, 0.2) is 65.7 Å². The van der Waals surface area contributed by atoms with Gasteiger partial charge in [0.15, 0.2) is 12.4 Å². The van der Waals surface area contributed by atoms with Gasteiger partial charge in [-0.1, -0.05) is 30.3 Å². The van der Waals surface area contributed by atoms with Crippen LogP contribution >= 0.6 is 11.3 Å². The van der Waals surface area contributed by atoms with Crippen LogP contribution < -0.4 is 9.47 Å². The minimum absolute atomic E-state index is 0.211. The highest BCUT2D eigenvalue weighted by atomic mass is 32.1. The van der Waals surface area contributed by atoms with Crippen molar-refractivity contribution in [3.63, 3.8) is 0 Å². The predicted octanol–water partition coefficient (Wildman–Crippen LogP) is 3.78. The van der Waals surface area contributed by atoms with Crippen LogP contribution in [-0.2, 0) is 22.6 Å². The van der Waals surface area contributed by atoms with E-state index in [2.05, 4.69) is 0 Å². The molecule has 5 rings (SSSR count). The minimum atomic E-state index is -1.05. The Morgan fingerprint density at radius 3 is 2.73 bits per heavy atom. The number of nitrogens with zero attached hydrogens (tertiary/aromatic N) is 1. The van der Waals surface area contributed by atoms with Crippen LogP contribution in [-0.4, -0.2) is 40.3 Å². The summed E-state index contributed by atoms with van der Waals surface area (Å²) in [7, 11) is 0. The van der Waals surface area contributed by atoms with Crippen molar-refractivity contribution in [2.75, 3.05) is 6.61 Å². The lowest BCUT2D eigenvalue weighted by atomic mass is 9.94. The van der Waals surface area contributed by atoms with Crippen molar-refractivity contribution >= 4 is 35.1 Å². The van der Waals surface area contributed by atoms with Crippen LogP contribution in [0.5, 0.6) is 11.5 Å². The number of allylic oxidation sites excluding steroid dienone is 1. The molecule has 1 atom stereocenters. The van der Waals surface area contributed by atoms with Crippen molar-refractivity contribution in [2.45, 2.75) is 19.0 Å². The molecule has 33 heavy (non-hydrogen) atoms. The van der Waals surface area contributed by atoms with E-state index in [0.29, 0.717) is 17.1 Å². The second-order valence-electron chi connectivity index (χ2n) is 7.75. The summed E-state index contributed by atoms with van der Waals surface area (Å²) in [6, 6.07) is 15.1. The van der Waals surface area contributed by atoms with Gasteiger partial charge in [0, 0.05) is 30.0 Å². The Kier molecular flexibility index (Phi) is 5.43. The average molecular weight is 461 g/mol. The molecular weight excluding hydrogens is 442 g/mol. The summed E-state index contributed by atoms with van der Waals surface area (Å²) in [5, 5.41) is 11.5. The van der Waals surface area contributed by atoms with Crippen molar-refractivity contribution in [1.29, 1.82) is 0 Å². The lowest BCUT2D eigenvalue weighted by molar-refractivity contribution is -0.152. The summed E-state index contributed by atoms with van der Waals surface area (Å²) < 4.78 is 11.4. The fraction of sp³-hybridized carbons (Fsp3) is 0.160. The molecule has 0 saturated heterocycles. The highest BCUT2D eigenvalue weighted by Crippen LogP contribution is 2.35. The Morgan fingerprint density at radius 1 is 1.15 bits per heavy atom. The number of hydrogen-bond donors (Lipinski definition) is 1. The maximum absolute atomic E-state index is 12.9. The molecule has 2 aliphatic rings. The molecule has 166 valence electrons. The number of fused-ring (bicyclic) bond motifs is 2. The first-order valence-corrected chi connectivity index (χ1v) is 11.2. The van der Waals surface area contributed by atoms with E-state index in [9.17, 15) is 19.5 Å². The molecule has 1 unspecified atom stereocenters. The van der Waals surface area contributed by atoms with Gasteiger partial charge in [-0.25, -0.2) is 4.79 Å². The van der Waals surface area contributed by atoms with E-state index >= 15 is 0 Å². The van der Waals surface area contributed by atoms with Crippen LogP contribution in [0.3, 0.4) is 0 Å². The number of carbonyl (C=O) groups is 3. The smallest absolute Gasteiger partial charge is 0.326 e. The number of hydrogen-bond acceptors (Lipinski definition) is 6. The number of Topliss-reactive ketones (excluding diaryl/α,β-unsaturated/α-hetero) is 1. The number of amides is 1. The second-order valence-corrected chi connectivity index (χ2v) is 8.73. The van der Waals surface area contributed by atoms with E-state index in [-0.39, 0.29) is 31.1 Å². The van der Waals surface area contributed by atoms with Gasteiger partial charge < -0.3 is 19.5 Å². The largest absolute Gasteiger partial charge is 0.484 e. The van der Waals surface area contributed by atoms with Crippen molar-refractivity contribution in [3.05, 3.63) is 87.3 Å². The van der Waals surface area contributed by atoms with E-state index in [1.54, 1.807) is 24.3 Å². The topological polar surface area (TPSA) is 93.1 Å². The average Bonchev–Trinajstić information content (AvgIpc) is 3.44. The number of carboxylic acid groups (broad SMARTS) is 1. The predicted molar refractivity (Wildman–Crippen MR) is 121 cm³/mol. The van der Waals surface area contributed by atoms with Crippen molar-refractivity contribution < 1.29 is 29.0 Å². The fourth-order valence-electron chi connectivity index (χ4n) is 3.99. The highest BCUT2D eigenvalue weighted by Gasteiger charge is 2.34. The number of rotatable bonds is 5. The Morgan fingerprint density at radius 2 is 1.97 bits per heavy atom. The van der Waals surface area contributed by atoms with Gasteiger partial charge in [-0.05, 0) is 34.7 Å². The third-order valence-electron chi connectivity index (χ3n) is 5.67. The van der Waals surface area contributed by atoms with Crippen molar-refractivity contribution in [1.82, 2.24) is 4.90 Å². The fourth-order valence-corrected chi connectivity index (χ4v) is 4.64. The van der Waals surface area contributed by atoms with Gasteiger partial charge in [0.1, 0.15) is 17.5 Å². The first-order valence-electron chi connectivity index (χ1n) is 10.3. The zero-order chi connectivity index (χ0) is 22.9. The molecule has 2 aromatic carbocycles. The number of ketones is 1. The van der Waals surface area contributed by atoms with Gasteiger partial charge in [-0.2, -0.15) is 0 Å².